The lowest BCUT2D eigenvalue weighted by molar-refractivity contribution is -0.121. The Bertz CT molecular complexity index is 484. The van der Waals surface area contributed by atoms with Gasteiger partial charge in [0, 0.05) is 30.7 Å². The number of nitrogens with one attached hydrogen (secondary N) is 1. The molecule has 4 nitrogen and oxygen atoms in total. The molecule has 0 aromatic heterocycles. The van der Waals surface area contributed by atoms with Crippen LogP contribution in [-0.4, -0.2) is 55.0 Å². The number of benzene rings is 1. The fourth-order valence-corrected chi connectivity index (χ4v) is 2.93. The lowest BCUT2D eigenvalue weighted by atomic mass is 10.2. The van der Waals surface area contributed by atoms with E-state index < -0.39 is 0 Å². The Morgan fingerprint density at radius 3 is 2.55 bits per heavy atom. The Labute approximate surface area is 129 Å². The van der Waals surface area contributed by atoms with Gasteiger partial charge in [-0.3, -0.25) is 9.69 Å². The zero-order chi connectivity index (χ0) is 14.7. The molecule has 1 N–H and O–H groups in total. The first kappa shape index (κ1) is 15.5. The Kier molecular flexibility index (Phi) is 5.18. The van der Waals surface area contributed by atoms with Crippen molar-refractivity contribution in [3.05, 3.63) is 28.2 Å². The number of rotatable bonds is 3. The van der Waals surface area contributed by atoms with Gasteiger partial charge in [-0.05, 0) is 54.5 Å². The molecule has 1 fully saturated rings. The monoisotopic (exact) mass is 339 g/mol. The number of carbonyl (C=O) groups is 1. The smallest absolute Gasteiger partial charge is 0.241 e. The zero-order valence-corrected chi connectivity index (χ0v) is 13.9. The molecule has 1 aliphatic rings. The maximum absolute atomic E-state index is 12.3. The van der Waals surface area contributed by atoms with E-state index in [1.807, 2.05) is 32.0 Å². The van der Waals surface area contributed by atoms with Gasteiger partial charge in [-0.15, -0.1) is 0 Å². The molecular formula is C15H22BrN3O. The van der Waals surface area contributed by atoms with E-state index in [2.05, 4.69) is 38.1 Å². The summed E-state index contributed by atoms with van der Waals surface area (Å²) < 4.78 is 0.927. The summed E-state index contributed by atoms with van der Waals surface area (Å²) >= 11 is 3.49. The van der Waals surface area contributed by atoms with Crippen LogP contribution in [0.15, 0.2) is 22.7 Å². The number of piperazine rings is 1. The first-order valence-corrected chi connectivity index (χ1v) is 7.76. The van der Waals surface area contributed by atoms with Crippen LogP contribution in [0.1, 0.15) is 12.5 Å². The molecular weight excluding hydrogens is 318 g/mol. The maximum atomic E-state index is 12.3. The summed E-state index contributed by atoms with van der Waals surface area (Å²) in [5.41, 5.74) is 2.00. The normalized spacial score (nSPS) is 18.8. The van der Waals surface area contributed by atoms with Crippen LogP contribution in [0.25, 0.3) is 0 Å². The minimum absolute atomic E-state index is 0.0547. The molecule has 1 aliphatic heterocycles. The molecule has 1 atom stereocenters. The molecule has 1 saturated heterocycles. The van der Waals surface area contributed by atoms with Crippen LogP contribution >= 0.6 is 15.9 Å². The molecule has 0 spiro atoms. The Morgan fingerprint density at radius 1 is 1.30 bits per heavy atom. The van der Waals surface area contributed by atoms with Gasteiger partial charge in [0.05, 0.1) is 11.7 Å². The molecule has 20 heavy (non-hydrogen) atoms. The zero-order valence-electron chi connectivity index (χ0n) is 12.3. The lowest BCUT2D eigenvalue weighted by Gasteiger charge is -2.35. The van der Waals surface area contributed by atoms with E-state index >= 15 is 0 Å². The second-order valence-corrected chi connectivity index (χ2v) is 6.34. The Morgan fingerprint density at radius 2 is 1.95 bits per heavy atom. The topological polar surface area (TPSA) is 35.6 Å². The van der Waals surface area contributed by atoms with Gasteiger partial charge in [-0.2, -0.15) is 0 Å². The van der Waals surface area contributed by atoms with Crippen molar-refractivity contribution in [2.45, 2.75) is 19.9 Å². The van der Waals surface area contributed by atoms with E-state index in [1.54, 1.807) is 0 Å². The number of aryl methyl sites for hydroxylation is 1. The fourth-order valence-electron chi connectivity index (χ4n) is 2.33. The number of likely N-dealkylation sites (N-methyl/N-ethyl adjacent to an activating group) is 1. The Hall–Kier alpha value is -0.910. The number of anilines is 1. The molecule has 0 aliphatic carbocycles. The van der Waals surface area contributed by atoms with E-state index in [1.165, 1.54) is 5.56 Å². The highest BCUT2D eigenvalue weighted by Crippen LogP contribution is 2.23. The quantitative estimate of drug-likeness (QED) is 0.917. The first-order chi connectivity index (χ1) is 9.47. The van der Waals surface area contributed by atoms with Gasteiger partial charge in [0.1, 0.15) is 0 Å². The number of hydrogen-bond donors (Lipinski definition) is 1. The average molecular weight is 340 g/mol. The van der Waals surface area contributed by atoms with Crippen molar-refractivity contribution in [1.82, 2.24) is 9.80 Å². The predicted octanol–water partition coefficient (Wildman–Crippen LogP) is 2.33. The van der Waals surface area contributed by atoms with E-state index in [0.717, 1.165) is 36.3 Å². The number of nitrogens with zero attached hydrogens (tertiary/aromatic N) is 2. The van der Waals surface area contributed by atoms with Gasteiger partial charge in [0.15, 0.2) is 0 Å². The second-order valence-electron chi connectivity index (χ2n) is 5.49. The highest BCUT2D eigenvalue weighted by molar-refractivity contribution is 9.10. The van der Waals surface area contributed by atoms with Crippen LogP contribution < -0.4 is 5.32 Å². The molecule has 1 amide bonds. The SMILES string of the molecule is Cc1ccc(NC(=O)[C@H](C)N2CCN(C)CC2)c(Br)c1. The molecule has 0 radical (unpaired) electrons. The number of hydrogen-bond acceptors (Lipinski definition) is 3. The fraction of sp³-hybridized carbons (Fsp3) is 0.533. The van der Waals surface area contributed by atoms with Gasteiger partial charge in [0.2, 0.25) is 5.91 Å². The van der Waals surface area contributed by atoms with E-state index in [0.29, 0.717) is 0 Å². The highest BCUT2D eigenvalue weighted by atomic mass is 79.9. The highest BCUT2D eigenvalue weighted by Gasteiger charge is 2.24. The Balaban J connectivity index is 1.97. The summed E-state index contributed by atoms with van der Waals surface area (Å²) in [5.74, 6) is 0.0547. The largest absolute Gasteiger partial charge is 0.324 e. The summed E-state index contributed by atoms with van der Waals surface area (Å²) in [7, 11) is 2.12. The number of carbonyl (C=O) groups excluding carboxylic acids is 1. The minimum Gasteiger partial charge on any atom is -0.324 e. The van der Waals surface area contributed by atoms with Crippen LogP contribution in [0.4, 0.5) is 5.69 Å². The van der Waals surface area contributed by atoms with Crippen LogP contribution in [0.3, 0.4) is 0 Å². The van der Waals surface area contributed by atoms with Crippen molar-refractivity contribution in [2.24, 2.45) is 0 Å². The summed E-state index contributed by atoms with van der Waals surface area (Å²) in [6.45, 7) is 7.93. The molecule has 2 rings (SSSR count). The molecule has 1 aromatic rings. The van der Waals surface area contributed by atoms with Crippen molar-refractivity contribution < 1.29 is 4.79 Å². The standard InChI is InChI=1S/C15H22BrN3O/c1-11-4-5-14(13(16)10-11)17-15(20)12(2)19-8-6-18(3)7-9-19/h4-5,10,12H,6-9H2,1-3H3,(H,17,20)/t12-/m0/s1. The summed E-state index contributed by atoms with van der Waals surface area (Å²) in [6.07, 6.45) is 0. The van der Waals surface area contributed by atoms with Crippen molar-refractivity contribution in [3.63, 3.8) is 0 Å². The molecule has 0 bridgehead atoms. The minimum atomic E-state index is -0.100. The molecule has 1 aromatic carbocycles. The van der Waals surface area contributed by atoms with Gasteiger partial charge >= 0.3 is 0 Å². The second kappa shape index (κ2) is 6.70. The van der Waals surface area contributed by atoms with Crippen molar-refractivity contribution in [2.75, 3.05) is 38.5 Å². The summed E-state index contributed by atoms with van der Waals surface area (Å²) in [5, 5.41) is 3.00. The van der Waals surface area contributed by atoms with Crippen LogP contribution in [0.2, 0.25) is 0 Å². The lowest BCUT2D eigenvalue weighted by Crippen LogP contribution is -2.51. The van der Waals surface area contributed by atoms with Gasteiger partial charge in [-0.25, -0.2) is 0 Å². The molecule has 5 heteroatoms. The first-order valence-electron chi connectivity index (χ1n) is 6.97. The number of halogens is 1. The molecule has 0 saturated carbocycles. The maximum Gasteiger partial charge on any atom is 0.241 e. The van der Waals surface area contributed by atoms with Crippen LogP contribution in [0, 0.1) is 6.92 Å². The van der Waals surface area contributed by atoms with E-state index in [-0.39, 0.29) is 11.9 Å². The van der Waals surface area contributed by atoms with E-state index in [9.17, 15) is 4.79 Å². The van der Waals surface area contributed by atoms with Gasteiger partial charge in [0.25, 0.3) is 0 Å². The predicted molar refractivity (Wildman–Crippen MR) is 86.0 cm³/mol. The molecule has 1 heterocycles. The third-order valence-electron chi connectivity index (χ3n) is 3.85. The van der Waals surface area contributed by atoms with Crippen molar-refractivity contribution >= 4 is 27.5 Å². The molecule has 0 unspecified atom stereocenters. The van der Waals surface area contributed by atoms with Crippen LogP contribution in [0.5, 0.6) is 0 Å². The van der Waals surface area contributed by atoms with Gasteiger partial charge < -0.3 is 10.2 Å². The van der Waals surface area contributed by atoms with Crippen molar-refractivity contribution in [3.8, 4) is 0 Å². The third kappa shape index (κ3) is 3.81. The third-order valence-corrected chi connectivity index (χ3v) is 4.50. The summed E-state index contributed by atoms with van der Waals surface area (Å²) in [6, 6.07) is 5.85. The molecule has 110 valence electrons. The van der Waals surface area contributed by atoms with Crippen LogP contribution in [-0.2, 0) is 4.79 Å². The number of amides is 1. The summed E-state index contributed by atoms with van der Waals surface area (Å²) in [4.78, 5) is 16.9. The van der Waals surface area contributed by atoms with E-state index in [4.69, 9.17) is 0 Å². The average Bonchev–Trinajstić information content (AvgIpc) is 2.42. The van der Waals surface area contributed by atoms with Crippen molar-refractivity contribution in [1.29, 1.82) is 0 Å². The van der Waals surface area contributed by atoms with Gasteiger partial charge in [-0.1, -0.05) is 6.07 Å².